The molecule has 15 heavy (non-hydrogen) atoms. The Balaban J connectivity index is 2.74. The maximum absolute atomic E-state index is 5.87. The zero-order valence-electron chi connectivity index (χ0n) is 8.54. The first-order chi connectivity index (χ1) is 7.13. The zero-order valence-corrected chi connectivity index (χ0v) is 10.9. The SMILES string of the molecule is CN(C)n1c(CCl)nc2cc(Br)ccc21. The van der Waals surface area contributed by atoms with Crippen molar-refractivity contribution in [2.75, 3.05) is 19.1 Å². The standard InChI is InChI=1S/C10H11BrClN3/c1-14(2)15-9-4-3-7(11)5-8(9)13-10(15)6-12/h3-5H,6H2,1-2H3. The molecule has 0 fully saturated rings. The van der Waals surface area contributed by atoms with E-state index in [-0.39, 0.29) is 0 Å². The molecule has 1 aromatic carbocycles. The molecule has 0 aliphatic heterocycles. The van der Waals surface area contributed by atoms with Gasteiger partial charge in [0, 0.05) is 18.6 Å². The van der Waals surface area contributed by atoms with Crippen molar-refractivity contribution < 1.29 is 0 Å². The third-order valence-corrected chi connectivity index (χ3v) is 2.91. The predicted octanol–water partition coefficient (Wildman–Crippen LogP) is 2.74. The average Bonchev–Trinajstić information content (AvgIpc) is 2.54. The monoisotopic (exact) mass is 287 g/mol. The largest absolute Gasteiger partial charge is 0.317 e. The summed E-state index contributed by atoms with van der Waals surface area (Å²) in [7, 11) is 3.94. The fourth-order valence-corrected chi connectivity index (χ4v) is 2.15. The van der Waals surface area contributed by atoms with Gasteiger partial charge in [-0.2, -0.15) is 0 Å². The summed E-state index contributed by atoms with van der Waals surface area (Å²) in [6, 6.07) is 6.02. The second-order valence-electron chi connectivity index (χ2n) is 3.45. The lowest BCUT2D eigenvalue weighted by Gasteiger charge is -2.17. The second kappa shape index (κ2) is 4.02. The fraction of sp³-hybridized carbons (Fsp3) is 0.300. The van der Waals surface area contributed by atoms with Crippen LogP contribution in [0.4, 0.5) is 0 Å². The molecule has 0 aliphatic carbocycles. The predicted molar refractivity (Wildman–Crippen MR) is 67.1 cm³/mol. The van der Waals surface area contributed by atoms with Crippen molar-refractivity contribution in [3.05, 3.63) is 28.5 Å². The van der Waals surface area contributed by atoms with Crippen molar-refractivity contribution in [3.63, 3.8) is 0 Å². The molecule has 1 aromatic heterocycles. The third kappa shape index (κ3) is 1.84. The van der Waals surface area contributed by atoms with E-state index in [1.807, 2.05) is 42.0 Å². The minimum absolute atomic E-state index is 0.407. The fourth-order valence-electron chi connectivity index (χ4n) is 1.62. The highest BCUT2D eigenvalue weighted by atomic mass is 79.9. The van der Waals surface area contributed by atoms with Gasteiger partial charge in [-0.25, -0.2) is 9.66 Å². The average molecular weight is 289 g/mol. The first-order valence-electron chi connectivity index (χ1n) is 4.54. The van der Waals surface area contributed by atoms with Crippen LogP contribution in [0.25, 0.3) is 11.0 Å². The number of hydrogen-bond donors (Lipinski definition) is 0. The Morgan fingerprint density at radius 3 is 2.80 bits per heavy atom. The number of halogens is 2. The van der Waals surface area contributed by atoms with Gasteiger partial charge in [-0.15, -0.1) is 11.6 Å². The number of imidazole rings is 1. The van der Waals surface area contributed by atoms with E-state index in [0.717, 1.165) is 21.3 Å². The summed E-state index contributed by atoms with van der Waals surface area (Å²) in [5.41, 5.74) is 2.02. The molecular weight excluding hydrogens is 277 g/mol. The summed E-state index contributed by atoms with van der Waals surface area (Å²) < 4.78 is 3.04. The smallest absolute Gasteiger partial charge is 0.143 e. The summed E-state index contributed by atoms with van der Waals surface area (Å²) in [6.07, 6.45) is 0. The molecule has 0 aliphatic rings. The molecule has 0 saturated carbocycles. The maximum Gasteiger partial charge on any atom is 0.143 e. The molecule has 0 N–H and O–H groups in total. The summed E-state index contributed by atoms with van der Waals surface area (Å²) in [4.78, 5) is 4.47. The van der Waals surface area contributed by atoms with E-state index in [2.05, 4.69) is 20.9 Å². The Hall–Kier alpha value is -0.740. The summed E-state index contributed by atoms with van der Waals surface area (Å²) in [5.74, 6) is 1.26. The zero-order chi connectivity index (χ0) is 11.0. The number of rotatable bonds is 2. The van der Waals surface area contributed by atoms with Gasteiger partial charge in [0.2, 0.25) is 0 Å². The van der Waals surface area contributed by atoms with E-state index in [1.54, 1.807) is 0 Å². The van der Waals surface area contributed by atoms with Gasteiger partial charge in [0.1, 0.15) is 5.82 Å². The molecular formula is C10H11BrClN3. The summed E-state index contributed by atoms with van der Waals surface area (Å²) in [5, 5.41) is 1.97. The van der Waals surface area contributed by atoms with E-state index in [9.17, 15) is 0 Å². The van der Waals surface area contributed by atoms with Crippen molar-refractivity contribution in [2.45, 2.75) is 5.88 Å². The van der Waals surface area contributed by atoms with Gasteiger partial charge in [0.05, 0.1) is 16.9 Å². The molecule has 0 saturated heterocycles. The van der Waals surface area contributed by atoms with Gasteiger partial charge in [0.15, 0.2) is 0 Å². The Morgan fingerprint density at radius 2 is 2.20 bits per heavy atom. The van der Waals surface area contributed by atoms with Crippen LogP contribution in [-0.4, -0.2) is 23.8 Å². The van der Waals surface area contributed by atoms with Crippen molar-refractivity contribution >= 4 is 38.6 Å². The Bertz CT molecular complexity index is 493. The molecule has 2 aromatic rings. The third-order valence-electron chi connectivity index (χ3n) is 2.18. The molecule has 80 valence electrons. The van der Waals surface area contributed by atoms with Crippen LogP contribution in [0.3, 0.4) is 0 Å². The van der Waals surface area contributed by atoms with Crippen LogP contribution < -0.4 is 5.01 Å². The molecule has 0 spiro atoms. The molecule has 2 rings (SSSR count). The first kappa shape index (κ1) is 10.8. The molecule has 0 atom stereocenters. The lowest BCUT2D eigenvalue weighted by Crippen LogP contribution is -2.26. The van der Waals surface area contributed by atoms with Gasteiger partial charge in [-0.1, -0.05) is 15.9 Å². The Kier molecular flexibility index (Phi) is 2.89. The van der Waals surface area contributed by atoms with E-state index in [1.165, 1.54) is 0 Å². The number of hydrogen-bond acceptors (Lipinski definition) is 2. The van der Waals surface area contributed by atoms with Crippen LogP contribution in [0.5, 0.6) is 0 Å². The highest BCUT2D eigenvalue weighted by molar-refractivity contribution is 9.10. The molecule has 0 amide bonds. The lowest BCUT2D eigenvalue weighted by atomic mass is 10.3. The second-order valence-corrected chi connectivity index (χ2v) is 4.64. The maximum atomic E-state index is 5.87. The topological polar surface area (TPSA) is 21.1 Å². The van der Waals surface area contributed by atoms with Gasteiger partial charge in [-0.3, -0.25) is 0 Å². The normalized spacial score (nSPS) is 10.9. The van der Waals surface area contributed by atoms with E-state index in [4.69, 9.17) is 11.6 Å². The van der Waals surface area contributed by atoms with Crippen LogP contribution in [0.1, 0.15) is 5.82 Å². The van der Waals surface area contributed by atoms with Gasteiger partial charge >= 0.3 is 0 Å². The van der Waals surface area contributed by atoms with E-state index >= 15 is 0 Å². The highest BCUT2D eigenvalue weighted by Gasteiger charge is 2.11. The lowest BCUT2D eigenvalue weighted by molar-refractivity contribution is 0.719. The van der Waals surface area contributed by atoms with E-state index < -0.39 is 0 Å². The van der Waals surface area contributed by atoms with Crippen molar-refractivity contribution in [2.24, 2.45) is 0 Å². The highest BCUT2D eigenvalue weighted by Crippen LogP contribution is 2.21. The Labute approximate surface area is 102 Å². The van der Waals surface area contributed by atoms with Crippen LogP contribution in [0.2, 0.25) is 0 Å². The van der Waals surface area contributed by atoms with Crippen molar-refractivity contribution in [1.29, 1.82) is 0 Å². The molecule has 3 nitrogen and oxygen atoms in total. The summed E-state index contributed by atoms with van der Waals surface area (Å²) >= 11 is 9.30. The quantitative estimate of drug-likeness (QED) is 0.792. The minimum Gasteiger partial charge on any atom is -0.317 e. The van der Waals surface area contributed by atoms with Crippen LogP contribution >= 0.6 is 27.5 Å². The molecule has 0 radical (unpaired) electrons. The van der Waals surface area contributed by atoms with Gasteiger partial charge in [0.25, 0.3) is 0 Å². The summed E-state index contributed by atoms with van der Waals surface area (Å²) in [6.45, 7) is 0. The minimum atomic E-state index is 0.407. The number of nitrogens with zero attached hydrogens (tertiary/aromatic N) is 3. The van der Waals surface area contributed by atoms with Crippen LogP contribution in [0, 0.1) is 0 Å². The van der Waals surface area contributed by atoms with Crippen molar-refractivity contribution in [1.82, 2.24) is 9.66 Å². The number of fused-ring (bicyclic) bond motifs is 1. The first-order valence-corrected chi connectivity index (χ1v) is 5.86. The van der Waals surface area contributed by atoms with Gasteiger partial charge < -0.3 is 5.01 Å². The van der Waals surface area contributed by atoms with E-state index in [0.29, 0.717) is 5.88 Å². The van der Waals surface area contributed by atoms with Gasteiger partial charge in [-0.05, 0) is 18.2 Å². The van der Waals surface area contributed by atoms with Crippen LogP contribution in [0.15, 0.2) is 22.7 Å². The molecule has 5 heteroatoms. The molecule has 0 unspecified atom stereocenters. The molecule has 1 heterocycles. The number of benzene rings is 1. The Morgan fingerprint density at radius 1 is 1.47 bits per heavy atom. The molecule has 0 bridgehead atoms. The van der Waals surface area contributed by atoms with Crippen LogP contribution in [-0.2, 0) is 5.88 Å². The number of alkyl halides is 1. The van der Waals surface area contributed by atoms with Crippen molar-refractivity contribution in [3.8, 4) is 0 Å². The number of aromatic nitrogens is 2.